The highest BCUT2D eigenvalue weighted by atomic mass is 16.5. The lowest BCUT2D eigenvalue weighted by molar-refractivity contribution is -0.121. The molecule has 128 valence electrons. The topological polar surface area (TPSA) is 70.7 Å². The van der Waals surface area contributed by atoms with Crippen molar-refractivity contribution in [3.8, 4) is 5.75 Å². The fourth-order valence-corrected chi connectivity index (χ4v) is 3.61. The quantitative estimate of drug-likeness (QED) is 0.870. The van der Waals surface area contributed by atoms with Gasteiger partial charge in [0.2, 0.25) is 5.91 Å². The van der Waals surface area contributed by atoms with Gasteiger partial charge < -0.3 is 15.4 Å². The Morgan fingerprint density at radius 3 is 3.00 bits per heavy atom. The maximum atomic E-state index is 12.4. The van der Waals surface area contributed by atoms with Crippen LogP contribution < -0.4 is 15.4 Å². The largest absolute Gasteiger partial charge is 0.482 e. The fraction of sp³-hybridized carbons (Fsp3) is 0.556. The van der Waals surface area contributed by atoms with E-state index in [4.69, 9.17) is 4.74 Å². The second kappa shape index (κ2) is 6.09. The van der Waals surface area contributed by atoms with E-state index >= 15 is 0 Å². The van der Waals surface area contributed by atoms with E-state index in [1.54, 1.807) is 0 Å². The molecule has 2 N–H and O–H groups in total. The first-order valence-corrected chi connectivity index (χ1v) is 8.67. The lowest BCUT2D eigenvalue weighted by atomic mass is 10.1. The Bertz CT molecular complexity index is 671. The van der Waals surface area contributed by atoms with Gasteiger partial charge in [-0.25, -0.2) is 0 Å². The standard InChI is InChI=1S/C18H23N3O3/c1-11-8-21(13-3-4-13)9-15(11)20-17(22)7-12-2-5-16-14(6-12)19-18(23)10-24-16/h2,5-6,11,13,15H,3-4,7-10H2,1H3,(H,19,23)(H,20,22)/t11-,15+/m1/s1. The van der Waals surface area contributed by atoms with Crippen molar-refractivity contribution in [2.45, 2.75) is 38.3 Å². The minimum atomic E-state index is -0.163. The predicted octanol–water partition coefficient (Wildman–Crippen LogP) is 1.16. The summed E-state index contributed by atoms with van der Waals surface area (Å²) in [6.45, 7) is 4.30. The molecule has 1 aliphatic carbocycles. The summed E-state index contributed by atoms with van der Waals surface area (Å²) in [5, 5.41) is 5.96. The van der Waals surface area contributed by atoms with Crippen molar-refractivity contribution in [3.63, 3.8) is 0 Å². The van der Waals surface area contributed by atoms with Gasteiger partial charge in [-0.1, -0.05) is 13.0 Å². The van der Waals surface area contributed by atoms with Crippen LogP contribution in [0.1, 0.15) is 25.3 Å². The van der Waals surface area contributed by atoms with E-state index in [1.165, 1.54) is 12.8 Å². The van der Waals surface area contributed by atoms with E-state index < -0.39 is 0 Å². The van der Waals surface area contributed by atoms with Crippen LogP contribution in [-0.4, -0.2) is 48.5 Å². The average molecular weight is 329 g/mol. The predicted molar refractivity (Wildman–Crippen MR) is 90.0 cm³/mol. The number of likely N-dealkylation sites (tertiary alicyclic amines) is 1. The van der Waals surface area contributed by atoms with Crippen LogP contribution in [0.2, 0.25) is 0 Å². The van der Waals surface area contributed by atoms with Gasteiger partial charge in [-0.3, -0.25) is 14.5 Å². The lowest BCUT2D eigenvalue weighted by Gasteiger charge is -2.19. The van der Waals surface area contributed by atoms with Gasteiger partial charge in [0.15, 0.2) is 6.61 Å². The van der Waals surface area contributed by atoms with Crippen LogP contribution in [0.4, 0.5) is 5.69 Å². The number of nitrogens with one attached hydrogen (secondary N) is 2. The molecule has 4 rings (SSSR count). The van der Waals surface area contributed by atoms with Gasteiger partial charge in [-0.15, -0.1) is 0 Å². The molecule has 2 amide bonds. The summed E-state index contributed by atoms with van der Waals surface area (Å²) in [7, 11) is 0. The maximum absolute atomic E-state index is 12.4. The number of carbonyl (C=O) groups is 2. The Morgan fingerprint density at radius 1 is 1.38 bits per heavy atom. The molecule has 0 aromatic heterocycles. The molecule has 24 heavy (non-hydrogen) atoms. The van der Waals surface area contributed by atoms with Crippen molar-refractivity contribution in [2.75, 3.05) is 25.0 Å². The molecule has 6 heteroatoms. The molecule has 2 heterocycles. The highest BCUT2D eigenvalue weighted by Gasteiger charge is 2.38. The van der Waals surface area contributed by atoms with Crippen LogP contribution in [0, 0.1) is 5.92 Å². The van der Waals surface area contributed by atoms with Crippen LogP contribution in [-0.2, 0) is 16.0 Å². The van der Waals surface area contributed by atoms with Crippen LogP contribution in [0.15, 0.2) is 18.2 Å². The Hall–Kier alpha value is -2.08. The van der Waals surface area contributed by atoms with E-state index in [0.717, 1.165) is 24.7 Å². The molecule has 0 spiro atoms. The molecule has 1 saturated heterocycles. The summed E-state index contributed by atoms with van der Waals surface area (Å²) in [6.07, 6.45) is 2.92. The van der Waals surface area contributed by atoms with Crippen LogP contribution in [0.25, 0.3) is 0 Å². The third kappa shape index (κ3) is 3.24. The molecule has 1 aromatic carbocycles. The number of fused-ring (bicyclic) bond motifs is 1. The summed E-state index contributed by atoms with van der Waals surface area (Å²) in [5.74, 6) is 1.02. The second-order valence-electron chi connectivity index (χ2n) is 7.18. The van der Waals surface area contributed by atoms with Crippen molar-refractivity contribution in [1.29, 1.82) is 0 Å². The number of carbonyl (C=O) groups excluding carboxylic acids is 2. The first-order chi connectivity index (χ1) is 11.6. The zero-order valence-electron chi connectivity index (χ0n) is 13.9. The number of benzene rings is 1. The number of hydrogen-bond acceptors (Lipinski definition) is 4. The molecular formula is C18H23N3O3. The number of rotatable bonds is 4. The summed E-state index contributed by atoms with van der Waals surface area (Å²) in [4.78, 5) is 26.3. The van der Waals surface area contributed by atoms with E-state index in [2.05, 4.69) is 22.5 Å². The Morgan fingerprint density at radius 2 is 2.21 bits per heavy atom. The van der Waals surface area contributed by atoms with Crippen molar-refractivity contribution >= 4 is 17.5 Å². The maximum Gasteiger partial charge on any atom is 0.262 e. The van der Waals surface area contributed by atoms with Crippen molar-refractivity contribution < 1.29 is 14.3 Å². The van der Waals surface area contributed by atoms with Crippen LogP contribution in [0.5, 0.6) is 5.75 Å². The first-order valence-electron chi connectivity index (χ1n) is 8.67. The lowest BCUT2D eigenvalue weighted by Crippen LogP contribution is -2.40. The third-order valence-electron chi connectivity index (χ3n) is 5.09. The molecule has 0 bridgehead atoms. The van der Waals surface area contributed by atoms with Crippen LogP contribution >= 0.6 is 0 Å². The average Bonchev–Trinajstić information content (AvgIpc) is 3.32. The highest BCUT2D eigenvalue weighted by molar-refractivity contribution is 5.95. The molecule has 3 aliphatic rings. The normalized spacial score (nSPS) is 26.5. The Balaban J connectivity index is 1.36. The molecule has 0 unspecified atom stereocenters. The third-order valence-corrected chi connectivity index (χ3v) is 5.09. The molecule has 2 aliphatic heterocycles. The summed E-state index contributed by atoms with van der Waals surface area (Å²) in [6, 6.07) is 6.49. The zero-order valence-corrected chi connectivity index (χ0v) is 13.9. The second-order valence-corrected chi connectivity index (χ2v) is 7.18. The summed E-state index contributed by atoms with van der Waals surface area (Å²) >= 11 is 0. The number of hydrogen-bond donors (Lipinski definition) is 2. The van der Waals surface area contributed by atoms with E-state index in [9.17, 15) is 9.59 Å². The number of ether oxygens (including phenoxy) is 1. The molecule has 2 fully saturated rings. The van der Waals surface area contributed by atoms with E-state index in [1.807, 2.05) is 18.2 Å². The van der Waals surface area contributed by atoms with Gasteiger partial charge >= 0.3 is 0 Å². The molecule has 6 nitrogen and oxygen atoms in total. The van der Waals surface area contributed by atoms with Gasteiger partial charge in [-0.2, -0.15) is 0 Å². The van der Waals surface area contributed by atoms with E-state index in [0.29, 0.717) is 23.8 Å². The summed E-state index contributed by atoms with van der Waals surface area (Å²) in [5.41, 5.74) is 1.52. The first kappa shape index (κ1) is 15.4. The van der Waals surface area contributed by atoms with Gasteiger partial charge in [0.1, 0.15) is 5.75 Å². The van der Waals surface area contributed by atoms with Gasteiger partial charge in [0, 0.05) is 25.2 Å². The molecule has 0 radical (unpaired) electrons. The minimum Gasteiger partial charge on any atom is -0.482 e. The van der Waals surface area contributed by atoms with Crippen LogP contribution in [0.3, 0.4) is 0 Å². The van der Waals surface area contributed by atoms with E-state index in [-0.39, 0.29) is 24.5 Å². The van der Waals surface area contributed by atoms with Gasteiger partial charge in [0.25, 0.3) is 5.91 Å². The van der Waals surface area contributed by atoms with Crippen molar-refractivity contribution in [2.24, 2.45) is 5.92 Å². The summed E-state index contributed by atoms with van der Waals surface area (Å²) < 4.78 is 5.34. The SMILES string of the molecule is C[C@@H]1CN(C2CC2)C[C@@H]1NC(=O)Cc1ccc2c(c1)NC(=O)CO2. The van der Waals surface area contributed by atoms with Crippen molar-refractivity contribution in [1.82, 2.24) is 10.2 Å². The van der Waals surface area contributed by atoms with Gasteiger partial charge in [0.05, 0.1) is 12.1 Å². The minimum absolute atomic E-state index is 0.0347. The Labute approximate surface area is 141 Å². The highest BCUT2D eigenvalue weighted by Crippen LogP contribution is 2.32. The fourth-order valence-electron chi connectivity index (χ4n) is 3.61. The molecular weight excluding hydrogens is 306 g/mol. The van der Waals surface area contributed by atoms with Gasteiger partial charge in [-0.05, 0) is 36.5 Å². The smallest absolute Gasteiger partial charge is 0.262 e. The number of anilines is 1. The Kier molecular flexibility index (Phi) is 3.92. The number of amides is 2. The zero-order chi connectivity index (χ0) is 16.7. The molecule has 1 aromatic rings. The molecule has 2 atom stereocenters. The number of nitrogens with zero attached hydrogens (tertiary/aromatic N) is 1. The molecule has 1 saturated carbocycles. The monoisotopic (exact) mass is 329 g/mol. The van der Waals surface area contributed by atoms with Crippen molar-refractivity contribution in [3.05, 3.63) is 23.8 Å².